The van der Waals surface area contributed by atoms with E-state index in [1.165, 1.54) is 6.20 Å². The van der Waals surface area contributed by atoms with Crippen LogP contribution in [0.1, 0.15) is 5.56 Å². The fourth-order valence-corrected chi connectivity index (χ4v) is 3.13. The Kier molecular flexibility index (Phi) is 5.48. The van der Waals surface area contributed by atoms with Crippen molar-refractivity contribution in [2.75, 3.05) is 26.3 Å². The summed E-state index contributed by atoms with van der Waals surface area (Å²) in [6.07, 6.45) is 1.83. The van der Waals surface area contributed by atoms with Crippen LogP contribution < -0.4 is 4.74 Å². The van der Waals surface area contributed by atoms with Crippen molar-refractivity contribution in [3.63, 3.8) is 0 Å². The maximum Gasteiger partial charge on any atom is 0.227 e. The predicted molar refractivity (Wildman–Crippen MR) is 89.1 cm³/mol. The monoisotopic (exact) mass is 352 g/mol. The number of nitrogens with zero attached hydrogens (tertiary/aromatic N) is 2. The zero-order valence-corrected chi connectivity index (χ0v) is 14.1. The number of thiophene rings is 1. The smallest absolute Gasteiger partial charge is 0.227 e. The lowest BCUT2D eigenvalue weighted by Crippen LogP contribution is -2.48. The van der Waals surface area contributed by atoms with Crippen molar-refractivity contribution < 1.29 is 14.3 Å². The number of halogens is 1. The number of pyridine rings is 1. The number of carbonyl (C=O) groups is 1. The molecule has 3 rings (SSSR count). The summed E-state index contributed by atoms with van der Waals surface area (Å²) in [7, 11) is 0. The molecule has 1 saturated heterocycles. The molecule has 1 unspecified atom stereocenters. The molecule has 0 radical (unpaired) electrons. The van der Waals surface area contributed by atoms with Gasteiger partial charge in [-0.2, -0.15) is 11.3 Å². The van der Waals surface area contributed by atoms with E-state index in [1.54, 1.807) is 23.5 Å². The maximum atomic E-state index is 12.3. The van der Waals surface area contributed by atoms with Gasteiger partial charge >= 0.3 is 0 Å². The first-order valence-electron chi connectivity index (χ1n) is 7.35. The van der Waals surface area contributed by atoms with Crippen LogP contribution in [-0.4, -0.2) is 48.2 Å². The molecule has 0 aromatic carbocycles. The van der Waals surface area contributed by atoms with Gasteiger partial charge in [0, 0.05) is 18.8 Å². The summed E-state index contributed by atoms with van der Waals surface area (Å²) in [4.78, 5) is 18.2. The average molecular weight is 353 g/mol. The zero-order valence-electron chi connectivity index (χ0n) is 12.5. The summed E-state index contributed by atoms with van der Waals surface area (Å²) < 4.78 is 11.3. The number of morpholine rings is 1. The molecule has 122 valence electrons. The van der Waals surface area contributed by atoms with Gasteiger partial charge in [0.15, 0.2) is 0 Å². The molecule has 0 spiro atoms. The first-order chi connectivity index (χ1) is 11.2. The SMILES string of the molecule is O=C(Cc1ccsc1)N1CCOC(COc2ccc(Cl)cn2)C1. The van der Waals surface area contributed by atoms with Crippen molar-refractivity contribution in [2.45, 2.75) is 12.5 Å². The number of amides is 1. The molecule has 0 N–H and O–H groups in total. The van der Waals surface area contributed by atoms with Crippen LogP contribution >= 0.6 is 22.9 Å². The van der Waals surface area contributed by atoms with Gasteiger partial charge in [0.1, 0.15) is 12.7 Å². The highest BCUT2D eigenvalue weighted by Crippen LogP contribution is 2.14. The largest absolute Gasteiger partial charge is 0.475 e. The minimum Gasteiger partial charge on any atom is -0.475 e. The second-order valence-electron chi connectivity index (χ2n) is 5.27. The highest BCUT2D eigenvalue weighted by molar-refractivity contribution is 7.08. The summed E-state index contributed by atoms with van der Waals surface area (Å²) in [5.74, 6) is 0.626. The molecule has 1 amide bonds. The van der Waals surface area contributed by atoms with Crippen LogP contribution in [0.5, 0.6) is 5.88 Å². The van der Waals surface area contributed by atoms with Crippen molar-refractivity contribution in [1.29, 1.82) is 0 Å². The molecule has 23 heavy (non-hydrogen) atoms. The van der Waals surface area contributed by atoms with Crippen LogP contribution in [0.2, 0.25) is 5.02 Å². The molecular formula is C16H17ClN2O3S. The normalized spacial score (nSPS) is 18.0. The van der Waals surface area contributed by atoms with Crippen LogP contribution in [0.3, 0.4) is 0 Å². The first-order valence-corrected chi connectivity index (χ1v) is 8.67. The van der Waals surface area contributed by atoms with E-state index in [-0.39, 0.29) is 12.0 Å². The maximum absolute atomic E-state index is 12.3. The minimum atomic E-state index is -0.146. The van der Waals surface area contributed by atoms with Crippen LogP contribution in [0.15, 0.2) is 35.2 Å². The van der Waals surface area contributed by atoms with Crippen molar-refractivity contribution in [3.05, 3.63) is 45.7 Å². The van der Waals surface area contributed by atoms with Crippen LogP contribution in [0.4, 0.5) is 0 Å². The summed E-state index contributed by atoms with van der Waals surface area (Å²) in [5.41, 5.74) is 1.06. The topological polar surface area (TPSA) is 51.7 Å². The van der Waals surface area contributed by atoms with Crippen molar-refractivity contribution >= 4 is 28.8 Å². The van der Waals surface area contributed by atoms with E-state index >= 15 is 0 Å². The first kappa shape index (κ1) is 16.2. The Morgan fingerprint density at radius 1 is 1.48 bits per heavy atom. The van der Waals surface area contributed by atoms with Crippen LogP contribution in [0.25, 0.3) is 0 Å². The predicted octanol–water partition coefficient (Wildman–Crippen LogP) is 2.65. The lowest BCUT2D eigenvalue weighted by Gasteiger charge is -2.32. The van der Waals surface area contributed by atoms with Gasteiger partial charge in [-0.25, -0.2) is 4.98 Å². The third-order valence-electron chi connectivity index (χ3n) is 3.54. The van der Waals surface area contributed by atoms with E-state index in [2.05, 4.69) is 4.98 Å². The van der Waals surface area contributed by atoms with Crippen LogP contribution in [0, 0.1) is 0 Å². The molecule has 3 heterocycles. The van der Waals surface area contributed by atoms with Gasteiger partial charge in [0.25, 0.3) is 0 Å². The fraction of sp³-hybridized carbons (Fsp3) is 0.375. The molecule has 1 fully saturated rings. The van der Waals surface area contributed by atoms with E-state index in [9.17, 15) is 4.79 Å². The minimum absolute atomic E-state index is 0.126. The van der Waals surface area contributed by atoms with Gasteiger partial charge in [-0.05, 0) is 28.5 Å². The Hall–Kier alpha value is -1.63. The lowest BCUT2D eigenvalue weighted by molar-refractivity contribution is -0.139. The lowest BCUT2D eigenvalue weighted by atomic mass is 10.2. The molecule has 0 aliphatic carbocycles. The number of hydrogen-bond donors (Lipinski definition) is 0. The molecule has 7 heteroatoms. The van der Waals surface area contributed by atoms with E-state index in [0.717, 1.165) is 5.56 Å². The summed E-state index contributed by atoms with van der Waals surface area (Å²) in [5, 5.41) is 4.56. The highest BCUT2D eigenvalue weighted by Gasteiger charge is 2.24. The Morgan fingerprint density at radius 3 is 3.13 bits per heavy atom. The standard InChI is InChI=1S/C16H17ClN2O3S/c17-13-1-2-15(18-8-13)22-10-14-9-19(4-5-21-14)16(20)7-12-3-6-23-11-12/h1-3,6,8,11,14H,4-5,7,9-10H2. The van der Waals surface area contributed by atoms with E-state index in [0.29, 0.717) is 43.6 Å². The Labute approximate surface area is 143 Å². The number of carbonyl (C=O) groups excluding carboxylic acids is 1. The van der Waals surface area contributed by atoms with E-state index in [1.807, 2.05) is 21.7 Å². The van der Waals surface area contributed by atoms with E-state index in [4.69, 9.17) is 21.1 Å². The molecule has 5 nitrogen and oxygen atoms in total. The highest BCUT2D eigenvalue weighted by atomic mass is 35.5. The van der Waals surface area contributed by atoms with E-state index < -0.39 is 0 Å². The molecule has 1 aliphatic rings. The van der Waals surface area contributed by atoms with Gasteiger partial charge in [-0.1, -0.05) is 11.6 Å². The number of rotatable bonds is 5. The Balaban J connectivity index is 1.49. The molecule has 0 bridgehead atoms. The van der Waals surface area contributed by atoms with Gasteiger partial charge in [0.2, 0.25) is 11.8 Å². The third kappa shape index (κ3) is 4.67. The molecule has 1 aliphatic heterocycles. The van der Waals surface area contributed by atoms with Crippen molar-refractivity contribution in [2.24, 2.45) is 0 Å². The van der Waals surface area contributed by atoms with Gasteiger partial charge in [-0.3, -0.25) is 4.79 Å². The summed E-state index contributed by atoms with van der Waals surface area (Å²) in [6, 6.07) is 5.42. The Bertz CT molecular complexity index is 633. The number of ether oxygens (including phenoxy) is 2. The molecule has 2 aromatic heterocycles. The van der Waals surface area contributed by atoms with Crippen molar-refractivity contribution in [3.8, 4) is 5.88 Å². The third-order valence-corrected chi connectivity index (χ3v) is 4.50. The second kappa shape index (κ2) is 7.77. The molecule has 0 saturated carbocycles. The fourth-order valence-electron chi connectivity index (χ4n) is 2.35. The van der Waals surface area contributed by atoms with Crippen LogP contribution in [-0.2, 0) is 16.0 Å². The average Bonchev–Trinajstić information content (AvgIpc) is 3.07. The molecule has 2 aromatic rings. The zero-order chi connectivity index (χ0) is 16.1. The summed E-state index contributed by atoms with van der Waals surface area (Å²) in [6.45, 7) is 2.05. The van der Waals surface area contributed by atoms with Gasteiger partial charge in [-0.15, -0.1) is 0 Å². The Morgan fingerprint density at radius 2 is 2.39 bits per heavy atom. The quantitative estimate of drug-likeness (QED) is 0.830. The van der Waals surface area contributed by atoms with Gasteiger partial charge < -0.3 is 14.4 Å². The molecular weight excluding hydrogens is 336 g/mol. The number of aromatic nitrogens is 1. The number of hydrogen-bond acceptors (Lipinski definition) is 5. The van der Waals surface area contributed by atoms with Gasteiger partial charge in [0.05, 0.1) is 24.6 Å². The molecule has 1 atom stereocenters. The second-order valence-corrected chi connectivity index (χ2v) is 6.48. The van der Waals surface area contributed by atoms with Crippen molar-refractivity contribution in [1.82, 2.24) is 9.88 Å². The summed E-state index contributed by atoms with van der Waals surface area (Å²) >= 11 is 7.39.